The second-order valence-electron chi connectivity index (χ2n) is 5.18. The maximum atomic E-state index is 11.7. The minimum Gasteiger partial charge on any atom is -0.480 e. The topological polar surface area (TPSA) is 66.4 Å². The highest BCUT2D eigenvalue weighted by molar-refractivity contribution is 5.83. The Bertz CT molecular complexity index is 269. The molecule has 1 rings (SSSR count). The minimum atomic E-state index is -0.984. The molecule has 1 unspecified atom stereocenters. The van der Waals surface area contributed by atoms with Crippen LogP contribution in [-0.2, 0) is 9.59 Å². The number of rotatable bonds is 4. The van der Waals surface area contributed by atoms with E-state index < -0.39 is 12.0 Å². The van der Waals surface area contributed by atoms with Crippen LogP contribution in [0.2, 0.25) is 0 Å². The average Bonchev–Trinajstić information content (AvgIpc) is 2.17. The third kappa shape index (κ3) is 3.83. The smallest absolute Gasteiger partial charge is 0.325 e. The average molecular weight is 227 g/mol. The van der Waals surface area contributed by atoms with Crippen LogP contribution in [0.15, 0.2) is 0 Å². The monoisotopic (exact) mass is 227 g/mol. The fourth-order valence-corrected chi connectivity index (χ4v) is 2.32. The van der Waals surface area contributed by atoms with E-state index in [1.807, 2.05) is 0 Å². The molecular weight excluding hydrogens is 206 g/mol. The van der Waals surface area contributed by atoms with Gasteiger partial charge in [-0.05, 0) is 25.2 Å². The second kappa shape index (κ2) is 5.32. The van der Waals surface area contributed by atoms with Crippen LogP contribution in [0.1, 0.15) is 52.4 Å². The van der Waals surface area contributed by atoms with Gasteiger partial charge in [-0.3, -0.25) is 9.59 Å². The Kier molecular flexibility index (Phi) is 4.33. The van der Waals surface area contributed by atoms with Crippen LogP contribution in [0.4, 0.5) is 0 Å². The first-order valence-corrected chi connectivity index (χ1v) is 5.95. The van der Waals surface area contributed by atoms with Crippen LogP contribution in [0, 0.1) is 5.41 Å². The van der Waals surface area contributed by atoms with Crippen LogP contribution < -0.4 is 5.32 Å². The van der Waals surface area contributed by atoms with Gasteiger partial charge in [0.1, 0.15) is 6.04 Å². The molecule has 0 radical (unpaired) electrons. The van der Waals surface area contributed by atoms with Gasteiger partial charge < -0.3 is 10.4 Å². The molecule has 0 saturated heterocycles. The van der Waals surface area contributed by atoms with E-state index in [1.165, 1.54) is 26.2 Å². The van der Waals surface area contributed by atoms with Crippen LogP contribution in [0.25, 0.3) is 0 Å². The van der Waals surface area contributed by atoms with E-state index in [1.54, 1.807) is 0 Å². The molecule has 92 valence electrons. The number of amides is 1. The number of carbonyl (C=O) groups excluding carboxylic acids is 1. The molecular formula is C12H21NO3. The van der Waals surface area contributed by atoms with Gasteiger partial charge in [-0.25, -0.2) is 0 Å². The van der Waals surface area contributed by atoms with Crippen molar-refractivity contribution in [1.29, 1.82) is 0 Å². The van der Waals surface area contributed by atoms with Crippen molar-refractivity contribution in [3.05, 3.63) is 0 Å². The van der Waals surface area contributed by atoms with E-state index in [-0.39, 0.29) is 11.3 Å². The van der Waals surface area contributed by atoms with Crippen LogP contribution in [0.3, 0.4) is 0 Å². The van der Waals surface area contributed by atoms with Crippen molar-refractivity contribution < 1.29 is 14.7 Å². The lowest BCUT2D eigenvalue weighted by Gasteiger charge is -2.33. The van der Waals surface area contributed by atoms with Gasteiger partial charge in [0, 0.05) is 6.42 Å². The van der Waals surface area contributed by atoms with Crippen molar-refractivity contribution in [2.24, 2.45) is 5.41 Å². The number of hydrogen-bond donors (Lipinski definition) is 2. The highest BCUT2D eigenvalue weighted by Crippen LogP contribution is 2.38. The fraction of sp³-hybridized carbons (Fsp3) is 0.833. The van der Waals surface area contributed by atoms with Crippen molar-refractivity contribution in [2.45, 2.75) is 58.4 Å². The summed E-state index contributed by atoms with van der Waals surface area (Å²) in [5.74, 6) is -1.12. The van der Waals surface area contributed by atoms with Gasteiger partial charge >= 0.3 is 5.97 Å². The van der Waals surface area contributed by atoms with Gasteiger partial charge in [-0.1, -0.05) is 26.2 Å². The van der Waals surface area contributed by atoms with Crippen molar-refractivity contribution in [2.75, 3.05) is 0 Å². The molecule has 0 heterocycles. The van der Waals surface area contributed by atoms with Crippen LogP contribution in [-0.4, -0.2) is 23.0 Å². The zero-order chi connectivity index (χ0) is 12.2. The lowest BCUT2D eigenvalue weighted by molar-refractivity contribution is -0.141. The summed E-state index contributed by atoms with van der Waals surface area (Å²) in [4.78, 5) is 22.2. The molecule has 1 aliphatic rings. The Balaban J connectivity index is 2.41. The Hall–Kier alpha value is -1.06. The number of carboxylic acids is 1. The van der Waals surface area contributed by atoms with Crippen molar-refractivity contribution in [1.82, 2.24) is 5.32 Å². The normalized spacial score (nSPS) is 21.1. The molecule has 0 aromatic carbocycles. The Morgan fingerprint density at radius 3 is 2.38 bits per heavy atom. The standard InChI is InChI=1S/C12H21NO3/c1-9(11(15)16)13-10(14)8-12(2)6-4-3-5-7-12/h9H,3-8H2,1-2H3,(H,13,14)(H,15,16). The quantitative estimate of drug-likeness (QED) is 0.771. The van der Waals surface area contributed by atoms with E-state index in [2.05, 4.69) is 12.2 Å². The first kappa shape index (κ1) is 13.0. The molecule has 0 aromatic heterocycles. The highest BCUT2D eigenvalue weighted by Gasteiger charge is 2.30. The number of hydrogen-bond acceptors (Lipinski definition) is 2. The molecule has 0 aliphatic heterocycles. The summed E-state index contributed by atoms with van der Waals surface area (Å²) in [6.07, 6.45) is 6.20. The molecule has 0 aromatic rings. The zero-order valence-electron chi connectivity index (χ0n) is 10.1. The summed E-state index contributed by atoms with van der Waals surface area (Å²) >= 11 is 0. The summed E-state index contributed by atoms with van der Waals surface area (Å²) < 4.78 is 0. The molecule has 4 nitrogen and oxygen atoms in total. The first-order chi connectivity index (χ1) is 7.43. The van der Waals surface area contributed by atoms with E-state index in [0.717, 1.165) is 12.8 Å². The summed E-state index contributed by atoms with van der Waals surface area (Å²) in [5, 5.41) is 11.2. The number of carbonyl (C=O) groups is 2. The third-order valence-electron chi connectivity index (χ3n) is 3.40. The maximum absolute atomic E-state index is 11.7. The zero-order valence-corrected chi connectivity index (χ0v) is 10.1. The summed E-state index contributed by atoms with van der Waals surface area (Å²) in [6.45, 7) is 3.61. The van der Waals surface area contributed by atoms with Crippen molar-refractivity contribution >= 4 is 11.9 Å². The lowest BCUT2D eigenvalue weighted by Crippen LogP contribution is -2.40. The Labute approximate surface area is 96.4 Å². The molecule has 1 atom stereocenters. The molecule has 1 saturated carbocycles. The SMILES string of the molecule is CC(NC(=O)CC1(C)CCCCC1)C(=O)O. The van der Waals surface area contributed by atoms with Gasteiger partial charge in [-0.15, -0.1) is 0 Å². The number of nitrogens with one attached hydrogen (secondary N) is 1. The summed E-state index contributed by atoms with van der Waals surface area (Å²) in [7, 11) is 0. The van der Waals surface area contributed by atoms with Gasteiger partial charge in [0.25, 0.3) is 0 Å². The van der Waals surface area contributed by atoms with E-state index in [4.69, 9.17) is 5.11 Å². The van der Waals surface area contributed by atoms with E-state index in [9.17, 15) is 9.59 Å². The molecule has 1 fully saturated rings. The molecule has 4 heteroatoms. The number of aliphatic carboxylic acids is 1. The maximum Gasteiger partial charge on any atom is 0.325 e. The molecule has 0 bridgehead atoms. The van der Waals surface area contributed by atoms with Gasteiger partial charge in [-0.2, -0.15) is 0 Å². The Morgan fingerprint density at radius 2 is 1.88 bits per heavy atom. The first-order valence-electron chi connectivity index (χ1n) is 5.95. The molecule has 1 amide bonds. The van der Waals surface area contributed by atoms with Crippen molar-refractivity contribution in [3.8, 4) is 0 Å². The summed E-state index contributed by atoms with van der Waals surface area (Å²) in [5.41, 5.74) is 0.0700. The predicted octanol–water partition coefficient (Wildman–Crippen LogP) is 1.94. The largest absolute Gasteiger partial charge is 0.480 e. The highest BCUT2D eigenvalue weighted by atomic mass is 16.4. The fourth-order valence-electron chi connectivity index (χ4n) is 2.32. The van der Waals surface area contributed by atoms with Crippen molar-refractivity contribution in [3.63, 3.8) is 0 Å². The van der Waals surface area contributed by atoms with Gasteiger partial charge in [0.05, 0.1) is 0 Å². The summed E-state index contributed by atoms with van der Waals surface area (Å²) in [6, 6.07) is -0.792. The van der Waals surface area contributed by atoms with E-state index >= 15 is 0 Å². The lowest BCUT2D eigenvalue weighted by atomic mass is 9.73. The third-order valence-corrected chi connectivity index (χ3v) is 3.40. The minimum absolute atomic E-state index is 0.0700. The Morgan fingerprint density at radius 1 is 1.31 bits per heavy atom. The van der Waals surface area contributed by atoms with Gasteiger partial charge in [0.15, 0.2) is 0 Å². The van der Waals surface area contributed by atoms with Crippen LogP contribution in [0.5, 0.6) is 0 Å². The molecule has 2 N–H and O–H groups in total. The molecule has 0 spiro atoms. The van der Waals surface area contributed by atoms with E-state index in [0.29, 0.717) is 6.42 Å². The molecule has 16 heavy (non-hydrogen) atoms. The second-order valence-corrected chi connectivity index (χ2v) is 5.18. The van der Waals surface area contributed by atoms with Crippen LogP contribution >= 0.6 is 0 Å². The number of carboxylic acid groups (broad SMARTS) is 1. The van der Waals surface area contributed by atoms with Gasteiger partial charge in [0.2, 0.25) is 5.91 Å². The predicted molar refractivity (Wildman–Crippen MR) is 61.0 cm³/mol. The molecule has 1 aliphatic carbocycles.